The molecule has 2 aromatic rings. The SMILES string of the molecule is CC(C)(CO)CNC(=O)c1cc(-c2ccco2)on1. The highest BCUT2D eigenvalue weighted by atomic mass is 16.5. The molecule has 19 heavy (non-hydrogen) atoms. The molecule has 0 aromatic carbocycles. The molecule has 6 heteroatoms. The molecule has 0 bridgehead atoms. The van der Waals surface area contributed by atoms with E-state index in [1.807, 2.05) is 13.8 Å². The van der Waals surface area contributed by atoms with Gasteiger partial charge in [0.25, 0.3) is 5.91 Å². The third-order valence-electron chi connectivity index (χ3n) is 2.66. The number of carbonyl (C=O) groups excluding carboxylic acids is 1. The number of hydrogen-bond donors (Lipinski definition) is 2. The molecule has 0 radical (unpaired) electrons. The molecule has 2 heterocycles. The van der Waals surface area contributed by atoms with Gasteiger partial charge in [0.15, 0.2) is 11.5 Å². The summed E-state index contributed by atoms with van der Waals surface area (Å²) in [5, 5.41) is 15.5. The van der Waals surface area contributed by atoms with E-state index in [1.54, 1.807) is 12.1 Å². The van der Waals surface area contributed by atoms with Gasteiger partial charge in [0, 0.05) is 24.6 Å². The quantitative estimate of drug-likeness (QED) is 0.857. The summed E-state index contributed by atoms with van der Waals surface area (Å²) in [7, 11) is 0. The van der Waals surface area contributed by atoms with Crippen molar-refractivity contribution < 1.29 is 18.8 Å². The number of furan rings is 1. The van der Waals surface area contributed by atoms with Crippen molar-refractivity contribution >= 4 is 5.91 Å². The molecule has 0 atom stereocenters. The molecule has 102 valence electrons. The van der Waals surface area contributed by atoms with Crippen LogP contribution in [-0.4, -0.2) is 29.3 Å². The smallest absolute Gasteiger partial charge is 0.273 e. The van der Waals surface area contributed by atoms with Crippen molar-refractivity contribution in [1.29, 1.82) is 0 Å². The Hall–Kier alpha value is -2.08. The molecule has 0 aliphatic rings. The molecule has 0 spiro atoms. The topological polar surface area (TPSA) is 88.5 Å². The third kappa shape index (κ3) is 3.23. The second kappa shape index (κ2) is 5.27. The van der Waals surface area contributed by atoms with Crippen molar-refractivity contribution in [1.82, 2.24) is 10.5 Å². The van der Waals surface area contributed by atoms with E-state index in [1.165, 1.54) is 12.3 Å². The zero-order valence-electron chi connectivity index (χ0n) is 10.8. The molecule has 2 N–H and O–H groups in total. The molecule has 2 rings (SSSR count). The van der Waals surface area contributed by atoms with Gasteiger partial charge < -0.3 is 19.4 Å². The predicted molar refractivity (Wildman–Crippen MR) is 67.4 cm³/mol. The van der Waals surface area contributed by atoms with Crippen LogP contribution < -0.4 is 5.32 Å². The highest BCUT2D eigenvalue weighted by Crippen LogP contribution is 2.20. The Morgan fingerprint density at radius 3 is 2.89 bits per heavy atom. The maximum atomic E-state index is 11.8. The Morgan fingerprint density at radius 1 is 1.47 bits per heavy atom. The number of rotatable bonds is 5. The molecule has 0 aliphatic carbocycles. The Balaban J connectivity index is 2.01. The minimum atomic E-state index is -0.372. The van der Waals surface area contributed by atoms with Crippen LogP contribution in [0.25, 0.3) is 11.5 Å². The fourth-order valence-corrected chi connectivity index (χ4v) is 1.38. The molecular formula is C13H16N2O4. The number of aliphatic hydroxyl groups is 1. The first-order valence-electron chi connectivity index (χ1n) is 5.91. The lowest BCUT2D eigenvalue weighted by molar-refractivity contribution is 0.0902. The first-order chi connectivity index (χ1) is 9.02. The molecule has 6 nitrogen and oxygen atoms in total. The summed E-state index contributed by atoms with van der Waals surface area (Å²) >= 11 is 0. The molecule has 1 amide bonds. The van der Waals surface area contributed by atoms with Gasteiger partial charge in [0.2, 0.25) is 5.76 Å². The summed E-state index contributed by atoms with van der Waals surface area (Å²) in [6.07, 6.45) is 1.52. The molecular weight excluding hydrogens is 248 g/mol. The number of nitrogens with one attached hydrogen (secondary N) is 1. The lowest BCUT2D eigenvalue weighted by Crippen LogP contribution is -2.36. The van der Waals surface area contributed by atoms with Crippen molar-refractivity contribution in [2.75, 3.05) is 13.2 Å². The zero-order chi connectivity index (χ0) is 13.9. The second-order valence-corrected chi connectivity index (χ2v) is 5.06. The van der Waals surface area contributed by atoms with Crippen LogP contribution in [0.15, 0.2) is 33.4 Å². The number of hydrogen-bond acceptors (Lipinski definition) is 5. The van der Waals surface area contributed by atoms with Crippen molar-refractivity contribution in [2.24, 2.45) is 5.41 Å². The van der Waals surface area contributed by atoms with Gasteiger partial charge in [-0.05, 0) is 12.1 Å². The van der Waals surface area contributed by atoms with E-state index in [0.717, 1.165) is 0 Å². The lowest BCUT2D eigenvalue weighted by Gasteiger charge is -2.21. The van der Waals surface area contributed by atoms with Crippen LogP contribution in [0.1, 0.15) is 24.3 Å². The van der Waals surface area contributed by atoms with Crippen LogP contribution in [0.5, 0.6) is 0 Å². The van der Waals surface area contributed by atoms with Gasteiger partial charge in [0.05, 0.1) is 6.26 Å². The van der Waals surface area contributed by atoms with Gasteiger partial charge in [-0.2, -0.15) is 0 Å². The van der Waals surface area contributed by atoms with Gasteiger partial charge in [-0.1, -0.05) is 19.0 Å². The van der Waals surface area contributed by atoms with Crippen molar-refractivity contribution in [3.63, 3.8) is 0 Å². The van der Waals surface area contributed by atoms with Crippen LogP contribution in [0, 0.1) is 5.41 Å². The molecule has 2 aromatic heterocycles. The maximum Gasteiger partial charge on any atom is 0.273 e. The van der Waals surface area contributed by atoms with E-state index in [9.17, 15) is 4.79 Å². The third-order valence-corrected chi connectivity index (χ3v) is 2.66. The predicted octanol–water partition coefficient (Wildman–Crippen LogP) is 1.68. The summed E-state index contributed by atoms with van der Waals surface area (Å²) < 4.78 is 10.2. The largest absolute Gasteiger partial charge is 0.461 e. The van der Waals surface area contributed by atoms with Crippen molar-refractivity contribution in [3.05, 3.63) is 30.2 Å². The Morgan fingerprint density at radius 2 is 2.26 bits per heavy atom. The minimum Gasteiger partial charge on any atom is -0.461 e. The number of aliphatic hydroxyl groups excluding tert-OH is 1. The van der Waals surface area contributed by atoms with Crippen LogP contribution in [0.3, 0.4) is 0 Å². The number of nitrogens with zero attached hydrogens (tertiary/aromatic N) is 1. The summed E-state index contributed by atoms with van der Waals surface area (Å²) in [5.74, 6) is 0.571. The molecule has 0 saturated heterocycles. The molecule has 0 fully saturated rings. The zero-order valence-corrected chi connectivity index (χ0v) is 10.8. The van der Waals surface area contributed by atoms with Crippen molar-refractivity contribution in [2.45, 2.75) is 13.8 Å². The normalized spacial score (nSPS) is 11.5. The van der Waals surface area contributed by atoms with E-state index in [0.29, 0.717) is 18.1 Å². The fourth-order valence-electron chi connectivity index (χ4n) is 1.38. The fraction of sp³-hybridized carbons (Fsp3) is 0.385. The standard InChI is InChI=1S/C13H16N2O4/c1-13(2,8-16)7-14-12(17)9-6-11(19-15-9)10-4-3-5-18-10/h3-6,16H,7-8H2,1-2H3,(H,14,17). The van der Waals surface area contributed by atoms with Gasteiger partial charge >= 0.3 is 0 Å². The Kier molecular flexibility index (Phi) is 3.71. The lowest BCUT2D eigenvalue weighted by atomic mass is 9.95. The highest BCUT2D eigenvalue weighted by molar-refractivity contribution is 5.92. The van der Waals surface area contributed by atoms with Gasteiger partial charge in [-0.25, -0.2) is 0 Å². The molecule has 0 saturated carbocycles. The summed E-state index contributed by atoms with van der Waals surface area (Å²) in [4.78, 5) is 11.8. The number of carbonyl (C=O) groups is 1. The van der Waals surface area contributed by atoms with E-state index >= 15 is 0 Å². The van der Waals surface area contributed by atoms with E-state index in [-0.39, 0.29) is 23.6 Å². The van der Waals surface area contributed by atoms with Gasteiger partial charge in [0.1, 0.15) is 0 Å². The average Bonchev–Trinajstić information content (AvgIpc) is 3.05. The van der Waals surface area contributed by atoms with E-state index in [4.69, 9.17) is 14.0 Å². The summed E-state index contributed by atoms with van der Waals surface area (Å²) in [6, 6.07) is 4.96. The van der Waals surface area contributed by atoms with Crippen LogP contribution in [-0.2, 0) is 0 Å². The molecule has 0 unspecified atom stereocenters. The molecule has 0 aliphatic heterocycles. The van der Waals surface area contributed by atoms with Crippen LogP contribution in [0.2, 0.25) is 0 Å². The van der Waals surface area contributed by atoms with Crippen LogP contribution >= 0.6 is 0 Å². The number of amides is 1. The maximum absolute atomic E-state index is 11.8. The monoisotopic (exact) mass is 264 g/mol. The highest BCUT2D eigenvalue weighted by Gasteiger charge is 2.20. The Bertz CT molecular complexity index is 543. The van der Waals surface area contributed by atoms with Crippen LogP contribution in [0.4, 0.5) is 0 Å². The van der Waals surface area contributed by atoms with Gasteiger partial charge in [-0.3, -0.25) is 4.79 Å². The van der Waals surface area contributed by atoms with Gasteiger partial charge in [-0.15, -0.1) is 0 Å². The average molecular weight is 264 g/mol. The second-order valence-electron chi connectivity index (χ2n) is 5.06. The Labute approximate surface area is 110 Å². The summed E-state index contributed by atoms with van der Waals surface area (Å²) in [6.45, 7) is 4.05. The first kappa shape index (κ1) is 13.4. The minimum absolute atomic E-state index is 0.0102. The summed E-state index contributed by atoms with van der Waals surface area (Å²) in [5.41, 5.74) is -0.191. The first-order valence-corrected chi connectivity index (χ1v) is 5.91. The van der Waals surface area contributed by atoms with Crippen molar-refractivity contribution in [3.8, 4) is 11.5 Å². The number of aromatic nitrogens is 1. The van der Waals surface area contributed by atoms with E-state index < -0.39 is 0 Å². The van der Waals surface area contributed by atoms with E-state index in [2.05, 4.69) is 10.5 Å².